The Morgan fingerprint density at radius 3 is 2.40 bits per heavy atom. The lowest BCUT2D eigenvalue weighted by molar-refractivity contribution is -0.142. The molecule has 0 fully saturated rings. The first-order chi connectivity index (χ1) is 9.10. The van der Waals surface area contributed by atoms with Crippen molar-refractivity contribution in [2.45, 2.75) is 27.2 Å². The number of carboxylic acids is 1. The number of rotatable bonds is 5. The molecule has 0 aliphatic rings. The van der Waals surface area contributed by atoms with Crippen molar-refractivity contribution in [3.63, 3.8) is 0 Å². The number of carboxylic acid groups (broad SMARTS) is 1. The first-order valence-corrected chi connectivity index (χ1v) is 7.63. The Labute approximate surface area is 132 Å². The Bertz CT molecular complexity index is 508. The van der Waals surface area contributed by atoms with Crippen LogP contribution in [0.25, 0.3) is 0 Å². The summed E-state index contributed by atoms with van der Waals surface area (Å²) in [6.45, 7) is 5.94. The van der Waals surface area contributed by atoms with E-state index in [9.17, 15) is 14.7 Å². The Morgan fingerprint density at radius 1 is 1.40 bits per heavy atom. The lowest BCUT2D eigenvalue weighted by Crippen LogP contribution is -2.34. The normalized spacial score (nSPS) is 13.1. The van der Waals surface area contributed by atoms with E-state index in [0.717, 1.165) is 11.3 Å². The van der Waals surface area contributed by atoms with Crippen molar-refractivity contribution < 1.29 is 14.7 Å². The summed E-state index contributed by atoms with van der Waals surface area (Å²) < 4.78 is 0.722. The van der Waals surface area contributed by atoms with Gasteiger partial charge in [-0.3, -0.25) is 9.59 Å². The first kappa shape index (κ1) is 17.3. The van der Waals surface area contributed by atoms with Crippen LogP contribution in [0.5, 0.6) is 0 Å². The second-order valence-electron chi connectivity index (χ2n) is 5.75. The number of carbonyl (C=O) groups excluding carboxylic acids is 1. The van der Waals surface area contributed by atoms with Crippen molar-refractivity contribution in [2.24, 2.45) is 11.3 Å². The summed E-state index contributed by atoms with van der Waals surface area (Å²) in [6, 6.07) is 1.48. The van der Waals surface area contributed by atoms with Crippen molar-refractivity contribution in [1.82, 2.24) is 5.32 Å². The number of nitrogens with one attached hydrogen (secondary N) is 1. The average molecular weight is 338 g/mol. The molecule has 1 amide bonds. The van der Waals surface area contributed by atoms with Crippen LogP contribution in [0, 0.1) is 11.3 Å². The number of halogens is 2. The summed E-state index contributed by atoms with van der Waals surface area (Å²) in [5, 5.41) is 11.8. The third kappa shape index (κ3) is 5.31. The van der Waals surface area contributed by atoms with Crippen LogP contribution < -0.4 is 5.32 Å². The number of carbonyl (C=O) groups is 2. The SMILES string of the molecule is CC(C)(C)CC(CNC(=O)c1cc(Cl)sc1Cl)C(=O)O. The molecule has 0 saturated heterocycles. The van der Waals surface area contributed by atoms with Gasteiger partial charge in [0, 0.05) is 6.54 Å². The second kappa shape index (κ2) is 6.78. The van der Waals surface area contributed by atoms with Crippen molar-refractivity contribution in [3.05, 3.63) is 20.3 Å². The minimum Gasteiger partial charge on any atom is -0.481 e. The van der Waals surface area contributed by atoms with Gasteiger partial charge in [0.15, 0.2) is 0 Å². The molecule has 1 rings (SSSR count). The Morgan fingerprint density at radius 2 is 2.00 bits per heavy atom. The highest BCUT2D eigenvalue weighted by atomic mass is 35.5. The third-order valence-corrected chi connectivity index (χ3v) is 4.11. The molecule has 112 valence electrons. The molecule has 0 aromatic carbocycles. The highest BCUT2D eigenvalue weighted by Crippen LogP contribution is 2.31. The number of hydrogen-bond acceptors (Lipinski definition) is 3. The number of aliphatic carboxylic acids is 1. The molecule has 0 saturated carbocycles. The van der Waals surface area contributed by atoms with Gasteiger partial charge in [-0.1, -0.05) is 44.0 Å². The third-order valence-electron chi connectivity index (χ3n) is 2.62. The molecule has 0 aliphatic carbocycles. The molecule has 1 heterocycles. The molecule has 1 aromatic rings. The molecule has 2 N–H and O–H groups in total. The minimum absolute atomic E-state index is 0.0647. The van der Waals surface area contributed by atoms with Gasteiger partial charge < -0.3 is 10.4 Å². The maximum absolute atomic E-state index is 11.9. The average Bonchev–Trinajstić information content (AvgIpc) is 2.61. The summed E-state index contributed by atoms with van der Waals surface area (Å²) in [5.41, 5.74) is 0.151. The standard InChI is InChI=1S/C13H17Cl2NO3S/c1-13(2,3)5-7(12(18)19)6-16-11(17)8-4-9(14)20-10(8)15/h4,7H,5-6H2,1-3H3,(H,16,17)(H,18,19). The van der Waals surface area contributed by atoms with Crippen LogP contribution in [0.3, 0.4) is 0 Å². The van der Waals surface area contributed by atoms with E-state index in [2.05, 4.69) is 5.32 Å². The smallest absolute Gasteiger partial charge is 0.308 e. The van der Waals surface area contributed by atoms with E-state index >= 15 is 0 Å². The Hall–Kier alpha value is -0.780. The predicted molar refractivity (Wildman–Crippen MR) is 81.9 cm³/mol. The lowest BCUT2D eigenvalue weighted by atomic mass is 9.84. The van der Waals surface area contributed by atoms with Gasteiger partial charge in [0.05, 0.1) is 15.8 Å². The predicted octanol–water partition coefficient (Wildman–Crippen LogP) is 3.92. The molecule has 0 radical (unpaired) electrons. The van der Waals surface area contributed by atoms with E-state index in [1.165, 1.54) is 6.07 Å². The summed E-state index contributed by atoms with van der Waals surface area (Å²) in [5.74, 6) is -1.96. The summed E-state index contributed by atoms with van der Waals surface area (Å²) in [7, 11) is 0. The van der Waals surface area contributed by atoms with E-state index in [1.807, 2.05) is 20.8 Å². The molecule has 7 heteroatoms. The Balaban J connectivity index is 2.66. The summed E-state index contributed by atoms with van der Waals surface area (Å²) >= 11 is 12.8. The van der Waals surface area contributed by atoms with Crippen LogP contribution in [0.15, 0.2) is 6.07 Å². The number of amides is 1. The lowest BCUT2D eigenvalue weighted by Gasteiger charge is -2.23. The van der Waals surface area contributed by atoms with Crippen molar-refractivity contribution >= 4 is 46.4 Å². The van der Waals surface area contributed by atoms with Gasteiger partial charge in [0.1, 0.15) is 4.34 Å². The fourth-order valence-electron chi connectivity index (χ4n) is 1.79. The van der Waals surface area contributed by atoms with Gasteiger partial charge in [-0.15, -0.1) is 11.3 Å². The number of thiophene rings is 1. The fourth-order valence-corrected chi connectivity index (χ4v) is 3.25. The molecule has 1 aromatic heterocycles. The van der Waals surface area contributed by atoms with E-state index < -0.39 is 17.8 Å². The van der Waals surface area contributed by atoms with Gasteiger partial charge in [0.2, 0.25) is 0 Å². The number of hydrogen-bond donors (Lipinski definition) is 2. The van der Waals surface area contributed by atoms with Crippen molar-refractivity contribution in [3.8, 4) is 0 Å². The summed E-state index contributed by atoms with van der Waals surface area (Å²) in [4.78, 5) is 23.1. The van der Waals surface area contributed by atoms with Crippen LogP contribution >= 0.6 is 34.5 Å². The maximum Gasteiger partial charge on any atom is 0.308 e. The zero-order valence-electron chi connectivity index (χ0n) is 11.5. The molecular formula is C13H17Cl2NO3S. The van der Waals surface area contributed by atoms with Gasteiger partial charge in [-0.25, -0.2) is 0 Å². The van der Waals surface area contributed by atoms with E-state index in [0.29, 0.717) is 15.1 Å². The molecule has 0 spiro atoms. The van der Waals surface area contributed by atoms with E-state index in [1.54, 1.807) is 0 Å². The minimum atomic E-state index is -0.922. The fraction of sp³-hybridized carbons (Fsp3) is 0.538. The highest BCUT2D eigenvalue weighted by molar-refractivity contribution is 7.20. The molecule has 1 atom stereocenters. The monoisotopic (exact) mass is 337 g/mol. The molecule has 20 heavy (non-hydrogen) atoms. The van der Waals surface area contributed by atoms with Crippen LogP contribution in [-0.4, -0.2) is 23.5 Å². The molecule has 0 aliphatic heterocycles. The topological polar surface area (TPSA) is 66.4 Å². The molecule has 1 unspecified atom stereocenters. The quantitative estimate of drug-likeness (QED) is 0.855. The molecule has 4 nitrogen and oxygen atoms in total. The van der Waals surface area contributed by atoms with Gasteiger partial charge in [-0.05, 0) is 17.9 Å². The van der Waals surface area contributed by atoms with E-state index in [-0.39, 0.29) is 17.5 Å². The van der Waals surface area contributed by atoms with E-state index in [4.69, 9.17) is 23.2 Å². The molecular weight excluding hydrogens is 321 g/mol. The van der Waals surface area contributed by atoms with Crippen LogP contribution in [0.4, 0.5) is 0 Å². The summed E-state index contributed by atoms with van der Waals surface area (Å²) in [6.07, 6.45) is 0.473. The first-order valence-electron chi connectivity index (χ1n) is 6.06. The largest absolute Gasteiger partial charge is 0.481 e. The second-order valence-corrected chi connectivity index (χ2v) is 8.03. The van der Waals surface area contributed by atoms with Gasteiger partial charge in [-0.2, -0.15) is 0 Å². The zero-order valence-corrected chi connectivity index (χ0v) is 13.8. The van der Waals surface area contributed by atoms with Crippen LogP contribution in [0.2, 0.25) is 8.67 Å². The van der Waals surface area contributed by atoms with Crippen molar-refractivity contribution in [1.29, 1.82) is 0 Å². The van der Waals surface area contributed by atoms with Gasteiger partial charge in [0.25, 0.3) is 5.91 Å². The van der Waals surface area contributed by atoms with Crippen molar-refractivity contribution in [2.75, 3.05) is 6.54 Å². The Kier molecular flexibility index (Phi) is 5.86. The maximum atomic E-state index is 11.9. The molecule has 0 bridgehead atoms. The van der Waals surface area contributed by atoms with Gasteiger partial charge >= 0.3 is 5.97 Å². The van der Waals surface area contributed by atoms with Crippen LogP contribution in [-0.2, 0) is 4.79 Å². The van der Waals surface area contributed by atoms with Crippen LogP contribution in [0.1, 0.15) is 37.6 Å². The highest BCUT2D eigenvalue weighted by Gasteiger charge is 2.25. The zero-order chi connectivity index (χ0) is 15.5.